The molecule has 0 radical (unpaired) electrons. The van der Waals surface area contributed by atoms with E-state index in [4.69, 9.17) is 14.7 Å². The van der Waals surface area contributed by atoms with Crippen LogP contribution >= 0.6 is 11.8 Å². The van der Waals surface area contributed by atoms with Crippen LogP contribution < -0.4 is 9.47 Å². The fourth-order valence-corrected chi connectivity index (χ4v) is 1.43. The number of methoxy groups -OCH3 is 2. The maximum atomic E-state index is 8.66. The van der Waals surface area contributed by atoms with E-state index >= 15 is 0 Å². The van der Waals surface area contributed by atoms with Gasteiger partial charge in [0.2, 0.25) is 11.8 Å². The standard InChI is InChI=1S/C9H11N3O2S/c1-13-7-6(4-5-10)8(14-2)12-9(11-7)15-3/h4H2,1-3H3. The maximum absolute atomic E-state index is 8.66. The SMILES string of the molecule is COc1nc(SC)nc(OC)c1CC#N. The fraction of sp³-hybridized carbons (Fsp3) is 0.444. The Morgan fingerprint density at radius 2 is 1.80 bits per heavy atom. The number of nitrogens with zero attached hydrogens (tertiary/aromatic N) is 3. The number of hydrogen-bond acceptors (Lipinski definition) is 6. The first-order valence-corrected chi connectivity index (χ1v) is 5.39. The fourth-order valence-electron chi connectivity index (χ4n) is 1.08. The van der Waals surface area contributed by atoms with Crippen LogP contribution in [0.1, 0.15) is 5.56 Å². The molecule has 1 aromatic rings. The van der Waals surface area contributed by atoms with Crippen LogP contribution in [0.4, 0.5) is 0 Å². The molecule has 0 atom stereocenters. The number of aromatic nitrogens is 2. The van der Waals surface area contributed by atoms with Crippen molar-refractivity contribution in [2.75, 3.05) is 20.5 Å². The minimum atomic E-state index is 0.168. The van der Waals surface area contributed by atoms with Gasteiger partial charge in [0.25, 0.3) is 0 Å². The Kier molecular flexibility index (Phi) is 4.18. The summed E-state index contributed by atoms with van der Waals surface area (Å²) in [6.45, 7) is 0. The lowest BCUT2D eigenvalue weighted by molar-refractivity contribution is 0.357. The van der Waals surface area contributed by atoms with Crippen molar-refractivity contribution < 1.29 is 9.47 Å². The maximum Gasteiger partial charge on any atom is 0.225 e. The Hall–Kier alpha value is -1.48. The largest absolute Gasteiger partial charge is 0.481 e. The molecular weight excluding hydrogens is 214 g/mol. The predicted octanol–water partition coefficient (Wildman–Crippen LogP) is 1.28. The second-order valence-corrected chi connectivity index (χ2v) is 3.32. The van der Waals surface area contributed by atoms with Crippen LogP contribution in [0.5, 0.6) is 11.8 Å². The second kappa shape index (κ2) is 5.41. The highest BCUT2D eigenvalue weighted by Crippen LogP contribution is 2.27. The molecule has 1 heterocycles. The summed E-state index contributed by atoms with van der Waals surface area (Å²) in [6, 6.07) is 2.02. The highest BCUT2D eigenvalue weighted by molar-refractivity contribution is 7.98. The Morgan fingerprint density at radius 1 is 1.27 bits per heavy atom. The lowest BCUT2D eigenvalue weighted by atomic mass is 10.2. The van der Waals surface area contributed by atoms with Gasteiger partial charge in [-0.25, -0.2) is 0 Å². The van der Waals surface area contributed by atoms with Crippen LogP contribution in [0.3, 0.4) is 0 Å². The summed E-state index contributed by atoms with van der Waals surface area (Å²) in [5.41, 5.74) is 0.584. The molecule has 0 spiro atoms. The molecule has 0 aliphatic carbocycles. The molecule has 0 amide bonds. The van der Waals surface area contributed by atoms with E-state index in [1.807, 2.05) is 12.3 Å². The monoisotopic (exact) mass is 225 g/mol. The van der Waals surface area contributed by atoms with Gasteiger partial charge in [-0.15, -0.1) is 0 Å². The number of nitriles is 1. The second-order valence-electron chi connectivity index (χ2n) is 2.54. The van der Waals surface area contributed by atoms with Crippen LogP contribution in [0.15, 0.2) is 5.16 Å². The van der Waals surface area contributed by atoms with Crippen LogP contribution in [0.2, 0.25) is 0 Å². The summed E-state index contributed by atoms with van der Waals surface area (Å²) in [7, 11) is 3.01. The van der Waals surface area contributed by atoms with E-state index in [2.05, 4.69) is 9.97 Å². The van der Waals surface area contributed by atoms with E-state index in [1.54, 1.807) is 0 Å². The Labute approximate surface area is 92.4 Å². The van der Waals surface area contributed by atoms with Gasteiger partial charge in [0.15, 0.2) is 5.16 Å². The molecular formula is C9H11N3O2S. The quantitative estimate of drug-likeness (QED) is 0.568. The van der Waals surface area contributed by atoms with E-state index in [9.17, 15) is 0 Å². The van der Waals surface area contributed by atoms with Gasteiger partial charge in [-0.3, -0.25) is 0 Å². The third-order valence-electron chi connectivity index (χ3n) is 1.74. The number of hydrogen-bond donors (Lipinski definition) is 0. The minimum Gasteiger partial charge on any atom is -0.481 e. The van der Waals surface area contributed by atoms with Crippen LogP contribution in [-0.4, -0.2) is 30.4 Å². The first-order valence-electron chi connectivity index (χ1n) is 4.16. The summed E-state index contributed by atoms with van der Waals surface area (Å²) >= 11 is 1.39. The van der Waals surface area contributed by atoms with Gasteiger partial charge >= 0.3 is 0 Å². The molecule has 0 unspecified atom stereocenters. The minimum absolute atomic E-state index is 0.168. The van der Waals surface area contributed by atoms with E-state index in [-0.39, 0.29) is 6.42 Å². The number of rotatable bonds is 4. The summed E-state index contributed by atoms with van der Waals surface area (Å²) in [4.78, 5) is 8.27. The normalized spacial score (nSPS) is 9.47. The van der Waals surface area contributed by atoms with Gasteiger partial charge < -0.3 is 9.47 Å². The molecule has 5 nitrogen and oxygen atoms in total. The van der Waals surface area contributed by atoms with Crippen LogP contribution in [0.25, 0.3) is 0 Å². The Balaban J connectivity index is 3.27. The van der Waals surface area contributed by atoms with Crippen molar-refractivity contribution in [3.05, 3.63) is 5.56 Å². The molecule has 0 saturated carbocycles. The molecule has 1 aromatic heterocycles. The smallest absolute Gasteiger partial charge is 0.225 e. The molecule has 0 aromatic carbocycles. The lowest BCUT2D eigenvalue weighted by Crippen LogP contribution is -2.02. The molecule has 0 saturated heterocycles. The van der Waals surface area contributed by atoms with E-state index in [0.717, 1.165) is 0 Å². The molecule has 0 fully saturated rings. The van der Waals surface area contributed by atoms with Gasteiger partial charge in [-0.2, -0.15) is 15.2 Å². The summed E-state index contributed by atoms with van der Waals surface area (Å²) in [6.07, 6.45) is 2.03. The third kappa shape index (κ3) is 2.50. The van der Waals surface area contributed by atoms with Crippen molar-refractivity contribution in [2.24, 2.45) is 0 Å². The van der Waals surface area contributed by atoms with Crippen molar-refractivity contribution >= 4 is 11.8 Å². The summed E-state index contributed by atoms with van der Waals surface area (Å²) < 4.78 is 10.2. The van der Waals surface area contributed by atoms with E-state index in [0.29, 0.717) is 22.5 Å². The van der Waals surface area contributed by atoms with Crippen LogP contribution in [0, 0.1) is 11.3 Å². The molecule has 6 heteroatoms. The lowest BCUT2D eigenvalue weighted by Gasteiger charge is -2.09. The van der Waals surface area contributed by atoms with E-state index < -0.39 is 0 Å². The topological polar surface area (TPSA) is 68.0 Å². The van der Waals surface area contributed by atoms with Gasteiger partial charge in [-0.1, -0.05) is 11.8 Å². The first-order chi connectivity index (χ1) is 7.26. The predicted molar refractivity (Wildman–Crippen MR) is 56.2 cm³/mol. The average Bonchev–Trinajstić information content (AvgIpc) is 2.29. The van der Waals surface area contributed by atoms with Gasteiger partial charge in [0, 0.05) is 0 Å². The zero-order valence-electron chi connectivity index (χ0n) is 8.77. The van der Waals surface area contributed by atoms with Crippen molar-refractivity contribution in [3.63, 3.8) is 0 Å². The molecule has 0 N–H and O–H groups in total. The van der Waals surface area contributed by atoms with Crippen molar-refractivity contribution in [3.8, 4) is 17.8 Å². The summed E-state index contributed by atoms with van der Waals surface area (Å²) in [5.74, 6) is 0.792. The number of ether oxygens (including phenoxy) is 2. The molecule has 0 aliphatic heterocycles. The number of thioether (sulfide) groups is 1. The van der Waals surface area contributed by atoms with E-state index in [1.165, 1.54) is 26.0 Å². The highest BCUT2D eigenvalue weighted by Gasteiger charge is 2.15. The highest BCUT2D eigenvalue weighted by atomic mass is 32.2. The molecule has 15 heavy (non-hydrogen) atoms. The van der Waals surface area contributed by atoms with Crippen LogP contribution in [-0.2, 0) is 6.42 Å². The molecule has 0 bridgehead atoms. The molecule has 0 aliphatic rings. The zero-order chi connectivity index (χ0) is 11.3. The zero-order valence-corrected chi connectivity index (χ0v) is 9.59. The van der Waals surface area contributed by atoms with Gasteiger partial charge in [0.1, 0.15) is 0 Å². The van der Waals surface area contributed by atoms with Crippen molar-refractivity contribution in [2.45, 2.75) is 11.6 Å². The third-order valence-corrected chi connectivity index (χ3v) is 2.28. The average molecular weight is 225 g/mol. The molecule has 1 rings (SSSR count). The summed E-state index contributed by atoms with van der Waals surface area (Å²) in [5, 5.41) is 9.22. The van der Waals surface area contributed by atoms with Gasteiger partial charge in [0.05, 0.1) is 32.3 Å². The van der Waals surface area contributed by atoms with Crippen molar-refractivity contribution in [1.82, 2.24) is 9.97 Å². The van der Waals surface area contributed by atoms with Crippen molar-refractivity contribution in [1.29, 1.82) is 5.26 Å². The molecule has 80 valence electrons. The Bertz CT molecular complexity index is 364. The van der Waals surface area contributed by atoms with Gasteiger partial charge in [-0.05, 0) is 6.26 Å². The first kappa shape index (κ1) is 11.6. The Morgan fingerprint density at radius 3 is 2.13 bits per heavy atom.